The fourth-order valence-corrected chi connectivity index (χ4v) is 2.20. The second-order valence-corrected chi connectivity index (χ2v) is 5.03. The van der Waals surface area contributed by atoms with E-state index >= 15 is 0 Å². The Bertz CT molecular complexity index is 717. The number of hydrogen-bond acceptors (Lipinski definition) is 4. The summed E-state index contributed by atoms with van der Waals surface area (Å²) in [6.45, 7) is 0. The van der Waals surface area contributed by atoms with Gasteiger partial charge in [0.2, 0.25) is 0 Å². The molecule has 1 aromatic heterocycles. The summed E-state index contributed by atoms with van der Waals surface area (Å²) >= 11 is 17.5. The van der Waals surface area contributed by atoms with Gasteiger partial charge in [0.05, 0.1) is 20.7 Å². The molecule has 9 heteroatoms. The van der Waals surface area contributed by atoms with Crippen LogP contribution in [0.1, 0.15) is 10.4 Å². The molecule has 6 nitrogen and oxygen atoms in total. The van der Waals surface area contributed by atoms with Gasteiger partial charge in [-0.3, -0.25) is 14.9 Å². The second-order valence-electron chi connectivity index (χ2n) is 3.83. The molecule has 0 atom stereocenters. The minimum absolute atomic E-state index is 0.0454. The number of halogens is 3. The minimum Gasteiger partial charge on any atom is -0.319 e. The maximum atomic E-state index is 12.2. The van der Waals surface area contributed by atoms with E-state index in [4.69, 9.17) is 34.8 Å². The molecule has 0 fully saturated rings. The number of carbonyl (C=O) groups excluding carboxylic acids is 1. The van der Waals surface area contributed by atoms with Gasteiger partial charge in [-0.1, -0.05) is 40.9 Å². The van der Waals surface area contributed by atoms with Gasteiger partial charge in [-0.25, -0.2) is 4.98 Å². The molecule has 2 aromatic rings. The van der Waals surface area contributed by atoms with Crippen molar-refractivity contribution in [2.45, 2.75) is 0 Å². The molecule has 0 aliphatic rings. The van der Waals surface area contributed by atoms with Crippen molar-refractivity contribution >= 4 is 52.1 Å². The highest BCUT2D eigenvalue weighted by atomic mass is 35.5. The quantitative estimate of drug-likeness (QED) is 0.512. The van der Waals surface area contributed by atoms with Gasteiger partial charge in [-0.05, 0) is 18.2 Å². The summed E-state index contributed by atoms with van der Waals surface area (Å²) < 4.78 is 0. The zero-order valence-corrected chi connectivity index (χ0v) is 12.4. The van der Waals surface area contributed by atoms with Gasteiger partial charge in [-0.15, -0.1) is 0 Å². The van der Waals surface area contributed by atoms with E-state index in [1.807, 2.05) is 0 Å². The fourth-order valence-electron chi connectivity index (χ4n) is 1.55. The largest absolute Gasteiger partial charge is 0.319 e. The lowest BCUT2D eigenvalue weighted by Crippen LogP contribution is -2.15. The summed E-state index contributed by atoms with van der Waals surface area (Å²) in [7, 11) is 0. The van der Waals surface area contributed by atoms with Crippen LogP contribution >= 0.6 is 34.8 Å². The Balaban J connectivity index is 2.41. The van der Waals surface area contributed by atoms with Crippen LogP contribution in [0.2, 0.25) is 15.2 Å². The molecule has 1 amide bonds. The third-order valence-corrected chi connectivity index (χ3v) is 3.33. The standard InChI is InChI=1S/C12H6Cl3N3O3/c13-7-2-1-3-8(14)11(7)17-12(19)6-4-10(15)16-5-9(6)18(20)21/h1-5H,(H,17,19). The zero-order valence-electron chi connectivity index (χ0n) is 10.1. The first kappa shape index (κ1) is 15.5. The number of nitro groups is 1. The van der Waals surface area contributed by atoms with Crippen molar-refractivity contribution in [1.29, 1.82) is 0 Å². The van der Waals surface area contributed by atoms with E-state index < -0.39 is 16.5 Å². The number of para-hydroxylation sites is 1. The normalized spacial score (nSPS) is 10.2. The predicted octanol–water partition coefficient (Wildman–Crippen LogP) is 4.20. The maximum absolute atomic E-state index is 12.2. The van der Waals surface area contributed by atoms with Gasteiger partial charge in [0.1, 0.15) is 16.9 Å². The van der Waals surface area contributed by atoms with Crippen molar-refractivity contribution in [2.24, 2.45) is 0 Å². The van der Waals surface area contributed by atoms with E-state index in [1.165, 1.54) is 12.1 Å². The van der Waals surface area contributed by atoms with Gasteiger partial charge in [0.15, 0.2) is 0 Å². The Hall–Kier alpha value is -1.89. The molecule has 1 N–H and O–H groups in total. The van der Waals surface area contributed by atoms with E-state index in [-0.39, 0.29) is 26.4 Å². The molecule has 1 heterocycles. The smallest absolute Gasteiger partial charge is 0.300 e. The van der Waals surface area contributed by atoms with Crippen LogP contribution in [-0.2, 0) is 0 Å². The van der Waals surface area contributed by atoms with Crippen molar-refractivity contribution in [3.8, 4) is 0 Å². The first-order chi connectivity index (χ1) is 9.90. The zero-order chi connectivity index (χ0) is 15.6. The number of benzene rings is 1. The number of hydrogen-bond donors (Lipinski definition) is 1. The highest BCUT2D eigenvalue weighted by Gasteiger charge is 2.22. The van der Waals surface area contributed by atoms with E-state index in [0.717, 1.165) is 12.3 Å². The van der Waals surface area contributed by atoms with Gasteiger partial charge in [0.25, 0.3) is 11.6 Å². The third-order valence-electron chi connectivity index (χ3n) is 2.49. The lowest BCUT2D eigenvalue weighted by Gasteiger charge is -2.09. The van der Waals surface area contributed by atoms with E-state index in [1.54, 1.807) is 6.07 Å². The van der Waals surface area contributed by atoms with Crippen molar-refractivity contribution in [3.05, 3.63) is 61.3 Å². The third kappa shape index (κ3) is 3.41. The van der Waals surface area contributed by atoms with Crippen LogP contribution in [0.5, 0.6) is 0 Å². The van der Waals surface area contributed by atoms with Crippen LogP contribution in [0.25, 0.3) is 0 Å². The van der Waals surface area contributed by atoms with Crippen LogP contribution in [0.4, 0.5) is 11.4 Å². The summed E-state index contributed by atoms with van der Waals surface area (Å²) in [4.78, 5) is 25.9. The van der Waals surface area contributed by atoms with E-state index in [2.05, 4.69) is 10.3 Å². The average molecular weight is 347 g/mol. The number of nitrogens with zero attached hydrogens (tertiary/aromatic N) is 2. The monoisotopic (exact) mass is 345 g/mol. The highest BCUT2D eigenvalue weighted by molar-refractivity contribution is 6.40. The van der Waals surface area contributed by atoms with Gasteiger partial charge in [0, 0.05) is 0 Å². The maximum Gasteiger partial charge on any atom is 0.300 e. The Morgan fingerprint density at radius 2 is 1.86 bits per heavy atom. The van der Waals surface area contributed by atoms with Gasteiger partial charge in [-0.2, -0.15) is 0 Å². The molecule has 0 saturated carbocycles. The number of nitrogens with one attached hydrogen (secondary N) is 1. The molecule has 0 saturated heterocycles. The predicted molar refractivity (Wildman–Crippen MR) is 80.3 cm³/mol. The Labute approximate surface area is 133 Å². The highest BCUT2D eigenvalue weighted by Crippen LogP contribution is 2.31. The molecule has 1 aromatic carbocycles. The lowest BCUT2D eigenvalue weighted by atomic mass is 10.2. The minimum atomic E-state index is -0.763. The van der Waals surface area contributed by atoms with Gasteiger partial charge < -0.3 is 5.32 Å². The second kappa shape index (κ2) is 6.26. The molecule has 108 valence electrons. The first-order valence-electron chi connectivity index (χ1n) is 5.45. The van der Waals surface area contributed by atoms with Crippen molar-refractivity contribution in [3.63, 3.8) is 0 Å². The number of aromatic nitrogens is 1. The summed E-state index contributed by atoms with van der Waals surface area (Å²) in [6, 6.07) is 5.75. The SMILES string of the molecule is O=C(Nc1c(Cl)cccc1Cl)c1cc(Cl)ncc1[N+](=O)[O-]. The topological polar surface area (TPSA) is 85.1 Å². The number of rotatable bonds is 3. The van der Waals surface area contributed by atoms with Crippen molar-refractivity contribution < 1.29 is 9.72 Å². The summed E-state index contributed by atoms with van der Waals surface area (Å²) in [5.41, 5.74) is -0.552. The van der Waals surface area contributed by atoms with Crippen LogP contribution < -0.4 is 5.32 Å². The van der Waals surface area contributed by atoms with Crippen LogP contribution in [0.3, 0.4) is 0 Å². The molecular formula is C12H6Cl3N3O3. The summed E-state index contributed by atoms with van der Waals surface area (Å²) in [5, 5.41) is 13.7. The molecule has 0 aliphatic carbocycles. The van der Waals surface area contributed by atoms with E-state index in [9.17, 15) is 14.9 Å². The number of anilines is 1. The first-order valence-corrected chi connectivity index (χ1v) is 6.59. The number of amides is 1. The summed E-state index contributed by atoms with van der Waals surface area (Å²) in [6.07, 6.45) is 0.908. The number of carbonyl (C=O) groups is 1. The molecule has 2 rings (SSSR count). The van der Waals surface area contributed by atoms with Crippen LogP contribution in [0, 0.1) is 10.1 Å². The van der Waals surface area contributed by atoms with E-state index in [0.29, 0.717) is 0 Å². The molecule has 0 aliphatic heterocycles. The van der Waals surface area contributed by atoms with Crippen LogP contribution in [0.15, 0.2) is 30.5 Å². The Morgan fingerprint density at radius 3 is 2.43 bits per heavy atom. The summed E-state index contributed by atoms with van der Waals surface area (Å²) in [5.74, 6) is -0.763. The number of pyridine rings is 1. The molecule has 0 bridgehead atoms. The van der Waals surface area contributed by atoms with Gasteiger partial charge >= 0.3 is 0 Å². The Kier molecular flexibility index (Phi) is 4.62. The molecule has 0 spiro atoms. The Morgan fingerprint density at radius 1 is 1.24 bits per heavy atom. The molecule has 21 heavy (non-hydrogen) atoms. The molecule has 0 unspecified atom stereocenters. The van der Waals surface area contributed by atoms with Crippen LogP contribution in [-0.4, -0.2) is 15.8 Å². The fraction of sp³-hybridized carbons (Fsp3) is 0. The van der Waals surface area contributed by atoms with Crippen molar-refractivity contribution in [1.82, 2.24) is 4.98 Å². The average Bonchev–Trinajstić information content (AvgIpc) is 2.42. The molecule has 0 radical (unpaired) electrons. The van der Waals surface area contributed by atoms with Crippen molar-refractivity contribution in [2.75, 3.05) is 5.32 Å². The lowest BCUT2D eigenvalue weighted by molar-refractivity contribution is -0.385. The molecular weight excluding hydrogens is 341 g/mol.